The van der Waals surface area contributed by atoms with Gasteiger partial charge in [0.1, 0.15) is 6.04 Å². The Morgan fingerprint density at radius 1 is 1.04 bits per heavy atom. The van der Waals surface area contributed by atoms with Gasteiger partial charge in [-0.1, -0.05) is 19.3 Å². The molecule has 0 spiro atoms. The van der Waals surface area contributed by atoms with Gasteiger partial charge >= 0.3 is 0 Å². The van der Waals surface area contributed by atoms with Crippen LogP contribution < -0.4 is 0 Å². The SMILES string of the molecule is O=C(CC1CCCCC1)N1CCCC[C@H]1c1nnc(-c2ccncc2)o1. The number of hydrogen-bond donors (Lipinski definition) is 0. The first-order valence-electron chi connectivity index (χ1n) is 9.84. The van der Waals surface area contributed by atoms with E-state index in [4.69, 9.17) is 4.42 Å². The van der Waals surface area contributed by atoms with E-state index in [1.165, 1.54) is 32.1 Å². The van der Waals surface area contributed by atoms with Crippen molar-refractivity contribution in [3.63, 3.8) is 0 Å². The van der Waals surface area contributed by atoms with Crippen molar-refractivity contribution in [1.29, 1.82) is 0 Å². The molecule has 1 saturated heterocycles. The van der Waals surface area contributed by atoms with Crippen molar-refractivity contribution in [2.24, 2.45) is 5.92 Å². The zero-order valence-corrected chi connectivity index (χ0v) is 15.1. The summed E-state index contributed by atoms with van der Waals surface area (Å²) in [6, 6.07) is 3.62. The molecule has 6 nitrogen and oxygen atoms in total. The summed E-state index contributed by atoms with van der Waals surface area (Å²) >= 11 is 0. The number of hydrogen-bond acceptors (Lipinski definition) is 5. The number of aromatic nitrogens is 3. The van der Waals surface area contributed by atoms with Gasteiger partial charge in [0, 0.05) is 30.9 Å². The molecule has 1 atom stereocenters. The minimum atomic E-state index is -0.0806. The molecule has 0 N–H and O–H groups in total. The molecule has 2 fully saturated rings. The molecule has 0 unspecified atom stereocenters. The van der Waals surface area contributed by atoms with Crippen LogP contribution in [0.3, 0.4) is 0 Å². The third-order valence-corrected chi connectivity index (χ3v) is 5.66. The first-order valence-corrected chi connectivity index (χ1v) is 9.84. The monoisotopic (exact) mass is 354 g/mol. The molecule has 1 aliphatic heterocycles. The van der Waals surface area contributed by atoms with E-state index in [9.17, 15) is 4.79 Å². The molecular weight excluding hydrogens is 328 g/mol. The van der Waals surface area contributed by atoms with Crippen LogP contribution in [0.15, 0.2) is 28.9 Å². The van der Waals surface area contributed by atoms with Crippen LogP contribution in [0.1, 0.15) is 69.7 Å². The van der Waals surface area contributed by atoms with Crippen LogP contribution in [0, 0.1) is 5.92 Å². The molecule has 1 amide bonds. The van der Waals surface area contributed by atoms with Crippen LogP contribution in [0.4, 0.5) is 0 Å². The number of piperidine rings is 1. The molecular formula is C20H26N4O2. The summed E-state index contributed by atoms with van der Waals surface area (Å²) in [6.07, 6.45) is 13.4. The molecule has 6 heteroatoms. The maximum atomic E-state index is 13.0. The summed E-state index contributed by atoms with van der Waals surface area (Å²) in [5.41, 5.74) is 0.856. The number of carbonyl (C=O) groups is 1. The van der Waals surface area contributed by atoms with Crippen LogP contribution in [0.2, 0.25) is 0 Å². The second-order valence-electron chi connectivity index (χ2n) is 7.49. The Morgan fingerprint density at radius 2 is 1.81 bits per heavy atom. The van der Waals surface area contributed by atoms with E-state index in [0.29, 0.717) is 24.1 Å². The molecule has 138 valence electrons. The minimum Gasteiger partial charge on any atom is -0.418 e. The normalized spacial score (nSPS) is 21.7. The average molecular weight is 354 g/mol. The molecule has 26 heavy (non-hydrogen) atoms. The average Bonchev–Trinajstić information content (AvgIpc) is 3.19. The van der Waals surface area contributed by atoms with Crippen LogP contribution in [0.5, 0.6) is 0 Å². The summed E-state index contributed by atoms with van der Waals surface area (Å²) in [6.45, 7) is 0.795. The molecule has 4 rings (SSSR count). The number of pyridine rings is 1. The largest absolute Gasteiger partial charge is 0.418 e. The Bertz CT molecular complexity index is 724. The molecule has 0 bridgehead atoms. The lowest BCUT2D eigenvalue weighted by molar-refractivity contribution is -0.137. The van der Waals surface area contributed by atoms with E-state index < -0.39 is 0 Å². The van der Waals surface area contributed by atoms with E-state index >= 15 is 0 Å². The lowest BCUT2D eigenvalue weighted by atomic mass is 9.86. The third kappa shape index (κ3) is 3.79. The second kappa shape index (κ2) is 7.98. The molecule has 0 radical (unpaired) electrons. The van der Waals surface area contributed by atoms with Crippen LogP contribution >= 0.6 is 0 Å². The van der Waals surface area contributed by atoms with Gasteiger partial charge in [-0.05, 0) is 50.2 Å². The van der Waals surface area contributed by atoms with Crippen molar-refractivity contribution in [2.75, 3.05) is 6.54 Å². The number of nitrogens with zero attached hydrogens (tertiary/aromatic N) is 4. The first kappa shape index (κ1) is 17.2. The van der Waals surface area contributed by atoms with Gasteiger partial charge < -0.3 is 9.32 Å². The Hall–Kier alpha value is -2.24. The van der Waals surface area contributed by atoms with Gasteiger partial charge in [0.25, 0.3) is 0 Å². The standard InChI is InChI=1S/C20H26N4O2/c25-18(14-15-6-2-1-3-7-15)24-13-5-4-8-17(24)20-23-22-19(26-20)16-9-11-21-12-10-16/h9-12,15,17H,1-8,13-14H2/t17-/m0/s1. The zero-order valence-electron chi connectivity index (χ0n) is 15.1. The Labute approximate surface area is 154 Å². The summed E-state index contributed by atoms with van der Waals surface area (Å²) < 4.78 is 5.94. The number of likely N-dealkylation sites (tertiary alicyclic amines) is 1. The van der Waals surface area contributed by atoms with E-state index in [-0.39, 0.29) is 11.9 Å². The predicted molar refractivity (Wildman–Crippen MR) is 97.0 cm³/mol. The molecule has 2 aromatic rings. The second-order valence-corrected chi connectivity index (χ2v) is 7.49. The Kier molecular flexibility index (Phi) is 5.27. The quantitative estimate of drug-likeness (QED) is 0.824. The zero-order chi connectivity index (χ0) is 17.8. The van der Waals surface area contributed by atoms with Crippen molar-refractivity contribution < 1.29 is 9.21 Å². The van der Waals surface area contributed by atoms with Gasteiger partial charge in [0.2, 0.25) is 17.7 Å². The van der Waals surface area contributed by atoms with Crippen LogP contribution in [-0.4, -0.2) is 32.5 Å². The molecule has 1 aliphatic carbocycles. The Balaban J connectivity index is 1.48. The fourth-order valence-corrected chi connectivity index (χ4v) is 4.22. The highest BCUT2D eigenvalue weighted by molar-refractivity contribution is 5.77. The van der Waals surface area contributed by atoms with Gasteiger partial charge in [-0.3, -0.25) is 9.78 Å². The fraction of sp³-hybridized carbons (Fsp3) is 0.600. The third-order valence-electron chi connectivity index (χ3n) is 5.66. The fourth-order valence-electron chi connectivity index (χ4n) is 4.22. The van der Waals surface area contributed by atoms with Gasteiger partial charge in [0.15, 0.2) is 0 Å². The van der Waals surface area contributed by atoms with E-state index in [1.807, 2.05) is 17.0 Å². The maximum absolute atomic E-state index is 13.0. The highest BCUT2D eigenvalue weighted by Crippen LogP contribution is 2.34. The summed E-state index contributed by atoms with van der Waals surface area (Å²) in [7, 11) is 0. The van der Waals surface area contributed by atoms with Gasteiger partial charge in [-0.25, -0.2) is 0 Å². The van der Waals surface area contributed by atoms with Crippen molar-refractivity contribution in [2.45, 2.75) is 63.8 Å². The maximum Gasteiger partial charge on any atom is 0.247 e. The summed E-state index contributed by atoms with van der Waals surface area (Å²) in [5.74, 6) is 1.86. The highest BCUT2D eigenvalue weighted by atomic mass is 16.4. The minimum absolute atomic E-state index is 0.0806. The van der Waals surface area contributed by atoms with E-state index in [1.54, 1.807) is 12.4 Å². The predicted octanol–water partition coefficient (Wildman–Crippen LogP) is 4.16. The summed E-state index contributed by atoms with van der Waals surface area (Å²) in [5, 5.41) is 8.45. The van der Waals surface area contributed by atoms with Gasteiger partial charge in [0.05, 0.1) is 0 Å². The summed E-state index contributed by atoms with van der Waals surface area (Å²) in [4.78, 5) is 19.0. The molecule has 3 heterocycles. The molecule has 1 saturated carbocycles. The van der Waals surface area contributed by atoms with Crippen molar-refractivity contribution in [1.82, 2.24) is 20.1 Å². The number of carbonyl (C=O) groups excluding carboxylic acids is 1. The van der Waals surface area contributed by atoms with Crippen LogP contribution in [0.25, 0.3) is 11.5 Å². The van der Waals surface area contributed by atoms with Gasteiger partial charge in [-0.15, -0.1) is 10.2 Å². The Morgan fingerprint density at radius 3 is 2.62 bits per heavy atom. The van der Waals surface area contributed by atoms with E-state index in [2.05, 4.69) is 15.2 Å². The van der Waals surface area contributed by atoms with E-state index in [0.717, 1.165) is 31.4 Å². The van der Waals surface area contributed by atoms with Crippen LogP contribution in [-0.2, 0) is 4.79 Å². The number of rotatable bonds is 4. The molecule has 2 aliphatic rings. The van der Waals surface area contributed by atoms with Gasteiger partial charge in [-0.2, -0.15) is 0 Å². The van der Waals surface area contributed by atoms with Crippen molar-refractivity contribution in [3.05, 3.63) is 30.4 Å². The lowest BCUT2D eigenvalue weighted by Crippen LogP contribution is -2.39. The molecule has 2 aromatic heterocycles. The molecule has 0 aromatic carbocycles. The highest BCUT2D eigenvalue weighted by Gasteiger charge is 2.33. The lowest BCUT2D eigenvalue weighted by Gasteiger charge is -2.35. The van der Waals surface area contributed by atoms with Crippen molar-refractivity contribution in [3.8, 4) is 11.5 Å². The van der Waals surface area contributed by atoms with Crippen molar-refractivity contribution >= 4 is 5.91 Å². The number of amides is 1. The topological polar surface area (TPSA) is 72.1 Å². The smallest absolute Gasteiger partial charge is 0.247 e. The first-order chi connectivity index (χ1) is 12.8.